The van der Waals surface area contributed by atoms with Crippen molar-refractivity contribution in [3.05, 3.63) is 67.7 Å². The van der Waals surface area contributed by atoms with Crippen molar-refractivity contribution in [2.24, 2.45) is 11.8 Å². The molecule has 0 unspecified atom stereocenters. The number of rotatable bonds is 3. The minimum Gasteiger partial charge on any atom is -0.343 e. The number of amides is 2. The maximum Gasteiger partial charge on any atom is 0.222 e. The van der Waals surface area contributed by atoms with Crippen LogP contribution in [-0.4, -0.2) is 52.8 Å². The molecule has 2 fully saturated rings. The van der Waals surface area contributed by atoms with E-state index in [1.165, 1.54) is 22.6 Å². The highest BCUT2D eigenvalue weighted by Gasteiger charge is 2.41. The van der Waals surface area contributed by atoms with Crippen LogP contribution in [0.5, 0.6) is 0 Å². The lowest BCUT2D eigenvalue weighted by Gasteiger charge is -2.36. The van der Waals surface area contributed by atoms with Gasteiger partial charge in [0.05, 0.1) is 5.92 Å². The zero-order valence-corrected chi connectivity index (χ0v) is 23.4. The first-order valence-electron chi connectivity index (χ1n) is 12.7. The lowest BCUT2D eigenvalue weighted by Crippen LogP contribution is -2.42. The van der Waals surface area contributed by atoms with E-state index in [1.54, 1.807) is 6.92 Å². The van der Waals surface area contributed by atoms with E-state index in [9.17, 15) is 9.59 Å². The van der Waals surface area contributed by atoms with Crippen LogP contribution in [0.3, 0.4) is 0 Å². The number of carbonyl (C=O) groups is 2. The molecule has 7 heteroatoms. The predicted molar refractivity (Wildman–Crippen MR) is 144 cm³/mol. The van der Waals surface area contributed by atoms with Gasteiger partial charge in [-0.2, -0.15) is 0 Å². The summed E-state index contributed by atoms with van der Waals surface area (Å²) in [4.78, 5) is 33.6. The maximum atomic E-state index is 13.1. The average Bonchev–Trinajstić information content (AvgIpc) is 3.02. The molecule has 3 aliphatic rings. The molecule has 2 aromatic rings. The van der Waals surface area contributed by atoms with Gasteiger partial charge in [0.2, 0.25) is 11.8 Å². The SMILES string of the molecule is CC(=O)N1CCC(CC(=O)N2CCC([C+]3c4ncccc4CCc4cc(Br)cc(Br)c43)CC2)CC1. The molecule has 0 bridgehead atoms. The smallest absolute Gasteiger partial charge is 0.222 e. The van der Waals surface area contributed by atoms with E-state index < -0.39 is 0 Å². The van der Waals surface area contributed by atoms with Crippen molar-refractivity contribution < 1.29 is 9.59 Å². The number of fused-ring (bicyclic) bond motifs is 2. The summed E-state index contributed by atoms with van der Waals surface area (Å²) in [5.74, 6) is 2.53. The zero-order chi connectivity index (χ0) is 24.5. The summed E-state index contributed by atoms with van der Waals surface area (Å²) < 4.78 is 2.21. The molecule has 2 saturated heterocycles. The molecular formula is C28H32Br2N3O2+. The van der Waals surface area contributed by atoms with Crippen LogP contribution in [-0.2, 0) is 22.4 Å². The van der Waals surface area contributed by atoms with Gasteiger partial charge in [-0.15, -0.1) is 0 Å². The third-order valence-corrected chi connectivity index (χ3v) is 9.08. The number of piperidine rings is 2. The summed E-state index contributed by atoms with van der Waals surface area (Å²) in [5, 5.41) is 0. The van der Waals surface area contributed by atoms with E-state index in [2.05, 4.69) is 55.0 Å². The molecule has 5 nitrogen and oxygen atoms in total. The first-order valence-corrected chi connectivity index (χ1v) is 14.3. The molecule has 0 N–H and O–H groups in total. The van der Waals surface area contributed by atoms with Crippen LogP contribution in [0, 0.1) is 17.8 Å². The van der Waals surface area contributed by atoms with Crippen molar-refractivity contribution in [2.75, 3.05) is 26.2 Å². The number of benzene rings is 1. The Balaban J connectivity index is 1.29. The van der Waals surface area contributed by atoms with Gasteiger partial charge in [0, 0.05) is 102 Å². The highest BCUT2D eigenvalue weighted by atomic mass is 79.9. The van der Waals surface area contributed by atoms with Gasteiger partial charge in [0.15, 0.2) is 5.69 Å². The molecule has 1 aromatic carbocycles. The van der Waals surface area contributed by atoms with Crippen molar-refractivity contribution in [3.63, 3.8) is 0 Å². The van der Waals surface area contributed by atoms with Crippen molar-refractivity contribution >= 4 is 43.7 Å². The number of nitrogens with zero attached hydrogens (tertiary/aromatic N) is 3. The van der Waals surface area contributed by atoms with Gasteiger partial charge in [0.1, 0.15) is 10.0 Å². The number of hydrogen-bond acceptors (Lipinski definition) is 3. The topological polar surface area (TPSA) is 53.5 Å². The van der Waals surface area contributed by atoms with Crippen molar-refractivity contribution in [3.8, 4) is 0 Å². The summed E-state index contributed by atoms with van der Waals surface area (Å²) >= 11 is 7.54. The van der Waals surface area contributed by atoms with E-state index in [4.69, 9.17) is 4.98 Å². The number of carbonyl (C=O) groups excluding carboxylic acids is 2. The van der Waals surface area contributed by atoms with Gasteiger partial charge < -0.3 is 9.80 Å². The standard InChI is InChI=1S/C28H32Br2N3O2/c1-18(34)32-11-6-19(7-12-32)15-25(35)33-13-8-20(9-14-33)27-26-22(16-23(29)17-24(26)30)5-4-21-3-2-10-31-28(21)27/h2-3,10,16-17,19-20H,4-9,11-15H2,1H3/q+1. The van der Waals surface area contributed by atoms with Crippen molar-refractivity contribution in [1.29, 1.82) is 0 Å². The quantitative estimate of drug-likeness (QED) is 0.433. The molecule has 0 radical (unpaired) electrons. The first-order chi connectivity index (χ1) is 16.9. The number of likely N-dealkylation sites (tertiary alicyclic amines) is 2. The summed E-state index contributed by atoms with van der Waals surface area (Å²) in [5.41, 5.74) is 5.11. The lowest BCUT2D eigenvalue weighted by molar-refractivity contribution is -0.134. The fourth-order valence-corrected chi connectivity index (χ4v) is 7.57. The van der Waals surface area contributed by atoms with Crippen molar-refractivity contribution in [2.45, 2.75) is 51.9 Å². The van der Waals surface area contributed by atoms with Gasteiger partial charge in [-0.3, -0.25) is 9.59 Å². The van der Waals surface area contributed by atoms with E-state index in [1.807, 2.05) is 17.2 Å². The number of aromatic nitrogens is 1. The molecular weight excluding hydrogens is 570 g/mol. The van der Waals surface area contributed by atoms with Crippen LogP contribution in [0.2, 0.25) is 0 Å². The monoisotopic (exact) mass is 600 g/mol. The average molecular weight is 602 g/mol. The van der Waals surface area contributed by atoms with Crippen molar-refractivity contribution in [1.82, 2.24) is 14.8 Å². The molecule has 3 heterocycles. The second-order valence-electron chi connectivity index (χ2n) is 10.2. The van der Waals surface area contributed by atoms with Crippen LogP contribution in [0.4, 0.5) is 0 Å². The van der Waals surface area contributed by atoms with E-state index in [0.717, 1.165) is 79.3 Å². The van der Waals surface area contributed by atoms with Gasteiger partial charge in [-0.1, -0.05) is 0 Å². The summed E-state index contributed by atoms with van der Waals surface area (Å²) in [6.07, 6.45) is 8.29. The largest absolute Gasteiger partial charge is 0.343 e. The number of hydrogen-bond donors (Lipinski definition) is 0. The number of aryl methyl sites for hydroxylation is 2. The lowest BCUT2D eigenvalue weighted by atomic mass is 9.76. The maximum absolute atomic E-state index is 13.1. The molecule has 0 atom stereocenters. The molecule has 184 valence electrons. The second kappa shape index (κ2) is 10.6. The Hall–Kier alpha value is -1.86. The highest BCUT2D eigenvalue weighted by molar-refractivity contribution is 9.11. The molecule has 2 amide bonds. The Morgan fingerprint density at radius 2 is 1.69 bits per heavy atom. The van der Waals surface area contributed by atoms with Crippen LogP contribution < -0.4 is 0 Å². The van der Waals surface area contributed by atoms with Crippen LogP contribution in [0.25, 0.3) is 0 Å². The first kappa shape index (κ1) is 24.8. The molecule has 1 aromatic heterocycles. The fourth-order valence-electron chi connectivity index (χ4n) is 6.04. The third-order valence-electron chi connectivity index (χ3n) is 8.00. The van der Waals surface area contributed by atoms with Crippen LogP contribution in [0.15, 0.2) is 39.4 Å². The Kier molecular flexibility index (Phi) is 7.54. The van der Waals surface area contributed by atoms with Gasteiger partial charge in [0.25, 0.3) is 0 Å². The molecule has 2 aliphatic heterocycles. The minimum atomic E-state index is 0.143. The Morgan fingerprint density at radius 1 is 1.00 bits per heavy atom. The highest BCUT2D eigenvalue weighted by Crippen LogP contribution is 2.45. The Bertz CT molecular complexity index is 1110. The van der Waals surface area contributed by atoms with E-state index in [0.29, 0.717) is 18.3 Å². The van der Waals surface area contributed by atoms with Gasteiger partial charge >= 0.3 is 0 Å². The number of halogens is 2. The summed E-state index contributed by atoms with van der Waals surface area (Å²) in [6, 6.07) is 8.65. The normalized spacial score (nSPS) is 19.2. The Morgan fingerprint density at radius 3 is 2.40 bits per heavy atom. The van der Waals surface area contributed by atoms with Gasteiger partial charge in [-0.25, -0.2) is 4.98 Å². The van der Waals surface area contributed by atoms with E-state index >= 15 is 0 Å². The Labute approximate surface area is 224 Å². The summed E-state index contributed by atoms with van der Waals surface area (Å²) in [7, 11) is 0. The zero-order valence-electron chi connectivity index (χ0n) is 20.2. The molecule has 5 rings (SSSR count). The fraction of sp³-hybridized carbons (Fsp3) is 0.500. The second-order valence-corrected chi connectivity index (χ2v) is 11.9. The molecule has 0 spiro atoms. The number of pyridine rings is 1. The molecule has 1 aliphatic carbocycles. The summed E-state index contributed by atoms with van der Waals surface area (Å²) in [6.45, 7) is 4.79. The third kappa shape index (κ3) is 5.31. The van der Waals surface area contributed by atoms with Crippen LogP contribution in [0.1, 0.15) is 61.4 Å². The van der Waals surface area contributed by atoms with Gasteiger partial charge in [-0.05, 0) is 65.7 Å². The van der Waals surface area contributed by atoms with E-state index in [-0.39, 0.29) is 11.8 Å². The molecule has 35 heavy (non-hydrogen) atoms. The minimum absolute atomic E-state index is 0.143. The molecule has 0 saturated carbocycles. The van der Waals surface area contributed by atoms with Crippen LogP contribution >= 0.6 is 31.9 Å². The predicted octanol–water partition coefficient (Wildman–Crippen LogP) is 5.56.